The Balaban J connectivity index is 1.63. The third kappa shape index (κ3) is 5.05. The Kier molecular flexibility index (Phi) is 6.53. The maximum atomic E-state index is 14.5. The maximum absolute atomic E-state index is 14.5. The molecule has 0 saturated carbocycles. The number of para-hydroxylation sites is 1. The number of rotatable bonds is 6. The predicted molar refractivity (Wildman–Crippen MR) is 123 cm³/mol. The molecule has 164 valence electrons. The molecule has 31 heavy (non-hydrogen) atoms. The van der Waals surface area contributed by atoms with E-state index in [1.54, 1.807) is 35.1 Å². The Hall–Kier alpha value is -2.51. The normalized spacial score (nSPS) is 17.1. The molecule has 4 rings (SSSR count). The van der Waals surface area contributed by atoms with E-state index in [2.05, 4.69) is 30.1 Å². The highest BCUT2D eigenvalue weighted by Gasteiger charge is 2.23. The zero-order valence-electron chi connectivity index (χ0n) is 18.3. The number of hydrogen-bond acceptors (Lipinski definition) is 4. The quantitative estimate of drug-likeness (QED) is 0.604. The van der Waals surface area contributed by atoms with E-state index >= 15 is 0 Å². The summed E-state index contributed by atoms with van der Waals surface area (Å²) < 4.78 is 16.1. The van der Waals surface area contributed by atoms with E-state index in [-0.39, 0.29) is 11.7 Å². The minimum atomic E-state index is -0.283. The van der Waals surface area contributed by atoms with Gasteiger partial charge in [0.15, 0.2) is 0 Å². The molecule has 0 aliphatic carbocycles. The molecule has 1 amide bonds. The summed E-state index contributed by atoms with van der Waals surface area (Å²) in [7, 11) is 0. The van der Waals surface area contributed by atoms with Gasteiger partial charge in [-0.1, -0.05) is 12.1 Å². The smallest absolute Gasteiger partial charge is 0.216 e. The summed E-state index contributed by atoms with van der Waals surface area (Å²) in [6, 6.07) is 8.92. The van der Waals surface area contributed by atoms with Crippen LogP contribution in [0.2, 0.25) is 0 Å². The van der Waals surface area contributed by atoms with E-state index in [0.717, 1.165) is 55.8 Å². The van der Waals surface area contributed by atoms with Gasteiger partial charge in [0.1, 0.15) is 11.5 Å². The predicted octanol–water partition coefficient (Wildman–Crippen LogP) is 4.70. The molecule has 0 radical (unpaired) electrons. The van der Waals surface area contributed by atoms with Crippen LogP contribution in [-0.2, 0) is 11.3 Å². The molecular formula is C24H29FN4OS. The Labute approximate surface area is 186 Å². The maximum Gasteiger partial charge on any atom is 0.216 e. The summed E-state index contributed by atoms with van der Waals surface area (Å²) in [4.78, 5) is 16.2. The summed E-state index contributed by atoms with van der Waals surface area (Å²) in [5.74, 6) is 0.191. The fraction of sp³-hybridized carbons (Fsp3) is 0.417. The van der Waals surface area contributed by atoms with Crippen LogP contribution in [0.5, 0.6) is 0 Å². The highest BCUT2D eigenvalue weighted by atomic mass is 32.1. The first-order chi connectivity index (χ1) is 14.9. The minimum Gasteiger partial charge on any atom is -0.356 e. The van der Waals surface area contributed by atoms with Crippen molar-refractivity contribution in [1.82, 2.24) is 20.0 Å². The number of halogens is 1. The van der Waals surface area contributed by atoms with Crippen molar-refractivity contribution in [3.8, 4) is 16.9 Å². The van der Waals surface area contributed by atoms with E-state index in [1.807, 2.05) is 12.3 Å². The number of likely N-dealkylation sites (tertiary alicyclic amines) is 1. The van der Waals surface area contributed by atoms with Gasteiger partial charge in [0, 0.05) is 53.6 Å². The average Bonchev–Trinajstić information content (AvgIpc) is 3.29. The molecule has 3 heterocycles. The van der Waals surface area contributed by atoms with Crippen LogP contribution >= 0.6 is 11.3 Å². The molecule has 1 N–H and O–H groups in total. The molecule has 0 unspecified atom stereocenters. The van der Waals surface area contributed by atoms with Gasteiger partial charge in [-0.15, -0.1) is 11.3 Å². The third-order valence-corrected chi connectivity index (χ3v) is 6.79. The molecule has 7 heteroatoms. The molecule has 3 aromatic rings. The number of amides is 1. The molecule has 1 aromatic carbocycles. The topological polar surface area (TPSA) is 50.2 Å². The van der Waals surface area contributed by atoms with Gasteiger partial charge < -0.3 is 5.32 Å². The van der Waals surface area contributed by atoms with Crippen molar-refractivity contribution in [2.45, 2.75) is 40.2 Å². The molecule has 2 aromatic heterocycles. The second-order valence-corrected chi connectivity index (χ2v) is 9.87. The third-order valence-electron chi connectivity index (χ3n) is 5.82. The van der Waals surface area contributed by atoms with Gasteiger partial charge in [-0.05, 0) is 57.4 Å². The summed E-state index contributed by atoms with van der Waals surface area (Å²) in [5.41, 5.74) is 3.61. The Morgan fingerprint density at radius 3 is 2.84 bits per heavy atom. The zero-order chi connectivity index (χ0) is 22.0. The Morgan fingerprint density at radius 1 is 1.32 bits per heavy atom. The average molecular weight is 441 g/mol. The van der Waals surface area contributed by atoms with Crippen LogP contribution in [-0.4, -0.2) is 40.2 Å². The summed E-state index contributed by atoms with van der Waals surface area (Å²) in [5, 5.41) is 7.79. The van der Waals surface area contributed by atoms with E-state index in [1.165, 1.54) is 15.8 Å². The lowest BCUT2D eigenvalue weighted by Gasteiger charge is -2.32. The van der Waals surface area contributed by atoms with Gasteiger partial charge in [0.25, 0.3) is 0 Å². The number of piperidine rings is 1. The first-order valence-electron chi connectivity index (χ1n) is 10.8. The molecular weight excluding hydrogens is 411 g/mol. The highest BCUT2D eigenvalue weighted by molar-refractivity contribution is 7.12. The number of carbonyl (C=O) groups is 1. The molecule has 1 saturated heterocycles. The lowest BCUT2D eigenvalue weighted by atomic mass is 9.97. The van der Waals surface area contributed by atoms with Crippen LogP contribution in [0.4, 0.5) is 4.39 Å². The lowest BCUT2D eigenvalue weighted by Crippen LogP contribution is -2.40. The fourth-order valence-electron chi connectivity index (χ4n) is 4.37. The van der Waals surface area contributed by atoms with Crippen LogP contribution in [0.1, 0.15) is 35.1 Å². The number of hydrogen-bond donors (Lipinski definition) is 1. The molecule has 5 nitrogen and oxygen atoms in total. The molecule has 1 aliphatic heterocycles. The zero-order valence-corrected chi connectivity index (χ0v) is 19.1. The van der Waals surface area contributed by atoms with Crippen molar-refractivity contribution in [3.63, 3.8) is 0 Å². The van der Waals surface area contributed by atoms with E-state index in [4.69, 9.17) is 5.10 Å². The fourth-order valence-corrected chi connectivity index (χ4v) is 5.29. The molecule has 1 aliphatic rings. The first-order valence-corrected chi connectivity index (χ1v) is 11.6. The van der Waals surface area contributed by atoms with Crippen molar-refractivity contribution in [2.75, 3.05) is 19.6 Å². The number of nitrogens with one attached hydrogen (secondary N) is 1. The number of thiophene rings is 1. The molecule has 0 spiro atoms. The summed E-state index contributed by atoms with van der Waals surface area (Å²) >= 11 is 1.76. The van der Waals surface area contributed by atoms with E-state index in [0.29, 0.717) is 11.6 Å². The van der Waals surface area contributed by atoms with Gasteiger partial charge in [-0.25, -0.2) is 9.07 Å². The number of carbonyl (C=O) groups excluding carboxylic acids is 1. The van der Waals surface area contributed by atoms with Gasteiger partial charge in [-0.3, -0.25) is 9.69 Å². The standard InChI is InChI=1S/C24H29FN4OS/c1-16-11-21(17(2)31-16)24-20(15-29(27-24)23-9-5-4-8-22(23)25)14-28-10-6-7-19(13-28)12-26-18(3)30/h4-5,8-9,11,15,19H,6-7,10,12-14H2,1-3H3,(H,26,30)/t19-/m1/s1. The molecule has 1 atom stereocenters. The monoisotopic (exact) mass is 440 g/mol. The van der Waals surface area contributed by atoms with Crippen molar-refractivity contribution in [3.05, 3.63) is 57.7 Å². The van der Waals surface area contributed by atoms with Crippen LogP contribution in [0, 0.1) is 25.6 Å². The Morgan fingerprint density at radius 2 is 2.13 bits per heavy atom. The van der Waals surface area contributed by atoms with Crippen molar-refractivity contribution >= 4 is 17.2 Å². The SMILES string of the molecule is CC(=O)NC[C@H]1CCCN(Cc2cn(-c3ccccc3F)nc2-c2cc(C)sc2C)C1. The second kappa shape index (κ2) is 9.32. The van der Waals surface area contributed by atoms with E-state index < -0.39 is 0 Å². The number of nitrogens with zero attached hydrogens (tertiary/aromatic N) is 3. The number of aryl methyl sites for hydroxylation is 2. The largest absolute Gasteiger partial charge is 0.356 e. The highest BCUT2D eigenvalue weighted by Crippen LogP contribution is 2.33. The Bertz CT molecular complexity index is 1070. The summed E-state index contributed by atoms with van der Waals surface area (Å²) in [6.45, 7) is 9.21. The van der Waals surface area contributed by atoms with Crippen LogP contribution in [0.15, 0.2) is 36.5 Å². The lowest BCUT2D eigenvalue weighted by molar-refractivity contribution is -0.119. The summed E-state index contributed by atoms with van der Waals surface area (Å²) in [6.07, 6.45) is 4.20. The van der Waals surface area contributed by atoms with E-state index in [9.17, 15) is 9.18 Å². The first kappa shape index (κ1) is 21.7. The minimum absolute atomic E-state index is 0.0221. The van der Waals surface area contributed by atoms with Crippen LogP contribution in [0.25, 0.3) is 16.9 Å². The van der Waals surface area contributed by atoms with Crippen molar-refractivity contribution < 1.29 is 9.18 Å². The van der Waals surface area contributed by atoms with Crippen LogP contribution in [0.3, 0.4) is 0 Å². The number of benzene rings is 1. The van der Waals surface area contributed by atoms with Gasteiger partial charge in [-0.2, -0.15) is 5.10 Å². The van der Waals surface area contributed by atoms with Gasteiger partial charge in [0.05, 0.1) is 5.69 Å². The van der Waals surface area contributed by atoms with Crippen molar-refractivity contribution in [1.29, 1.82) is 0 Å². The van der Waals surface area contributed by atoms with Gasteiger partial charge in [0.2, 0.25) is 5.91 Å². The molecule has 0 bridgehead atoms. The second-order valence-electron chi connectivity index (χ2n) is 8.41. The molecule has 1 fully saturated rings. The van der Waals surface area contributed by atoms with Gasteiger partial charge >= 0.3 is 0 Å². The number of aromatic nitrogens is 2. The van der Waals surface area contributed by atoms with Crippen molar-refractivity contribution in [2.24, 2.45) is 5.92 Å². The van der Waals surface area contributed by atoms with Crippen LogP contribution < -0.4 is 5.32 Å².